The van der Waals surface area contributed by atoms with Gasteiger partial charge in [-0.1, -0.05) is 0 Å². The van der Waals surface area contributed by atoms with Crippen molar-refractivity contribution >= 4 is 22.5 Å². The van der Waals surface area contributed by atoms with Crippen molar-refractivity contribution in [1.29, 1.82) is 0 Å². The monoisotopic (exact) mass is 355 g/mol. The van der Waals surface area contributed by atoms with Crippen LogP contribution in [-0.2, 0) is 0 Å². The number of H-pyrrole nitrogens is 1. The summed E-state index contributed by atoms with van der Waals surface area (Å²) in [5.41, 5.74) is 1.56. The number of nitrogens with zero attached hydrogens (tertiary/aromatic N) is 1. The molecular weight excluding hydrogens is 338 g/mol. The summed E-state index contributed by atoms with van der Waals surface area (Å²) >= 11 is 0. The van der Waals surface area contributed by atoms with Crippen LogP contribution in [0.2, 0.25) is 0 Å². The van der Waals surface area contributed by atoms with E-state index in [9.17, 15) is 20.0 Å². The number of hydrogen-bond acceptors (Lipinski definition) is 5. The molecule has 8 heteroatoms. The maximum atomic E-state index is 12.3. The molecule has 1 aromatic heterocycles. The molecule has 0 bridgehead atoms. The van der Waals surface area contributed by atoms with E-state index in [4.69, 9.17) is 4.74 Å². The summed E-state index contributed by atoms with van der Waals surface area (Å²) in [4.78, 5) is 25.4. The molecule has 0 spiro atoms. The molecule has 8 nitrogen and oxygen atoms in total. The SMILES string of the molecule is COc1ccc2cc(C(=O)NC[C@H](O)c3ccc([N+](=O)[O-])cc3)[nH]c2c1. The lowest BCUT2D eigenvalue weighted by atomic mass is 10.1. The fraction of sp³-hybridized carbons (Fsp3) is 0.167. The third-order valence-corrected chi connectivity index (χ3v) is 4.02. The molecule has 26 heavy (non-hydrogen) atoms. The van der Waals surface area contributed by atoms with Crippen molar-refractivity contribution in [2.75, 3.05) is 13.7 Å². The Labute approximate surface area is 148 Å². The Morgan fingerprint density at radius 1 is 1.27 bits per heavy atom. The number of benzene rings is 2. The van der Waals surface area contributed by atoms with Crippen molar-refractivity contribution < 1.29 is 19.6 Å². The second-order valence-electron chi connectivity index (χ2n) is 5.71. The number of nitro groups is 1. The molecule has 0 saturated heterocycles. The number of aliphatic hydroxyl groups excluding tert-OH is 1. The molecule has 3 N–H and O–H groups in total. The van der Waals surface area contributed by atoms with Crippen LogP contribution in [0.15, 0.2) is 48.5 Å². The number of aromatic nitrogens is 1. The van der Waals surface area contributed by atoms with E-state index in [2.05, 4.69) is 10.3 Å². The molecule has 2 aromatic carbocycles. The molecule has 0 unspecified atom stereocenters. The van der Waals surface area contributed by atoms with Gasteiger partial charge in [0.1, 0.15) is 11.4 Å². The lowest BCUT2D eigenvalue weighted by molar-refractivity contribution is -0.384. The summed E-state index contributed by atoms with van der Waals surface area (Å²) in [5.74, 6) is 0.320. The molecule has 0 fully saturated rings. The van der Waals surface area contributed by atoms with E-state index in [-0.39, 0.29) is 18.1 Å². The summed E-state index contributed by atoms with van der Waals surface area (Å²) < 4.78 is 5.15. The Bertz CT molecular complexity index is 949. The van der Waals surface area contributed by atoms with Crippen LogP contribution in [0.5, 0.6) is 5.75 Å². The highest BCUT2D eigenvalue weighted by atomic mass is 16.6. The predicted molar refractivity (Wildman–Crippen MR) is 95.2 cm³/mol. The van der Waals surface area contributed by atoms with E-state index in [1.807, 2.05) is 6.07 Å². The number of carbonyl (C=O) groups is 1. The smallest absolute Gasteiger partial charge is 0.269 e. The number of nitro benzene ring substituents is 1. The lowest BCUT2D eigenvalue weighted by Crippen LogP contribution is -2.28. The standard InChI is InChI=1S/C18H17N3O5/c1-26-14-7-4-12-8-16(20-15(12)9-14)18(23)19-10-17(22)11-2-5-13(6-3-11)21(24)25/h2-9,17,20,22H,10H2,1H3,(H,19,23)/t17-/m0/s1. The number of aliphatic hydroxyl groups is 1. The number of methoxy groups -OCH3 is 1. The minimum Gasteiger partial charge on any atom is -0.497 e. The van der Waals surface area contributed by atoms with Gasteiger partial charge < -0.3 is 20.1 Å². The first-order valence-electron chi connectivity index (χ1n) is 7.85. The van der Waals surface area contributed by atoms with Crippen LogP contribution in [0.3, 0.4) is 0 Å². The van der Waals surface area contributed by atoms with Gasteiger partial charge in [0, 0.05) is 35.6 Å². The lowest BCUT2D eigenvalue weighted by Gasteiger charge is -2.11. The molecule has 0 aliphatic rings. The number of fused-ring (bicyclic) bond motifs is 1. The van der Waals surface area contributed by atoms with Gasteiger partial charge in [-0.25, -0.2) is 0 Å². The molecule has 1 atom stereocenters. The quantitative estimate of drug-likeness (QED) is 0.464. The van der Waals surface area contributed by atoms with Gasteiger partial charge in [-0.3, -0.25) is 14.9 Å². The Balaban J connectivity index is 1.65. The first-order chi connectivity index (χ1) is 12.5. The van der Waals surface area contributed by atoms with Gasteiger partial charge in [-0.05, 0) is 35.9 Å². The highest BCUT2D eigenvalue weighted by molar-refractivity contribution is 5.98. The highest BCUT2D eigenvalue weighted by Crippen LogP contribution is 2.21. The zero-order valence-electron chi connectivity index (χ0n) is 13.9. The fourth-order valence-corrected chi connectivity index (χ4v) is 2.58. The molecule has 3 rings (SSSR count). The predicted octanol–water partition coefficient (Wildman–Crippen LogP) is 2.55. The largest absolute Gasteiger partial charge is 0.497 e. The number of rotatable bonds is 6. The van der Waals surface area contributed by atoms with Crippen molar-refractivity contribution in [3.63, 3.8) is 0 Å². The molecule has 134 valence electrons. The Hall–Kier alpha value is -3.39. The number of carbonyl (C=O) groups excluding carboxylic acids is 1. The maximum Gasteiger partial charge on any atom is 0.269 e. The number of nitrogens with one attached hydrogen (secondary N) is 2. The Kier molecular flexibility index (Phi) is 4.85. The molecule has 1 heterocycles. The van der Waals surface area contributed by atoms with E-state index < -0.39 is 11.0 Å². The summed E-state index contributed by atoms with van der Waals surface area (Å²) in [5, 5.41) is 24.3. The first-order valence-corrected chi connectivity index (χ1v) is 7.85. The third kappa shape index (κ3) is 3.65. The van der Waals surface area contributed by atoms with E-state index in [1.165, 1.54) is 24.3 Å². The summed E-state index contributed by atoms with van der Waals surface area (Å²) in [7, 11) is 1.57. The Morgan fingerprint density at radius 3 is 2.65 bits per heavy atom. The van der Waals surface area contributed by atoms with Crippen LogP contribution in [0.4, 0.5) is 5.69 Å². The molecule has 0 saturated carbocycles. The normalized spacial score (nSPS) is 11.9. The van der Waals surface area contributed by atoms with Gasteiger partial charge in [0.25, 0.3) is 11.6 Å². The van der Waals surface area contributed by atoms with Gasteiger partial charge in [-0.15, -0.1) is 0 Å². The average molecular weight is 355 g/mol. The van der Waals surface area contributed by atoms with Gasteiger partial charge in [0.2, 0.25) is 0 Å². The van der Waals surface area contributed by atoms with Crippen LogP contribution in [0.1, 0.15) is 22.2 Å². The number of amides is 1. The Morgan fingerprint density at radius 2 is 2.00 bits per heavy atom. The number of ether oxygens (including phenoxy) is 1. The van der Waals surface area contributed by atoms with Crippen LogP contribution in [-0.4, -0.2) is 34.6 Å². The van der Waals surface area contributed by atoms with E-state index in [0.717, 1.165) is 10.9 Å². The number of aromatic amines is 1. The van der Waals surface area contributed by atoms with E-state index in [0.29, 0.717) is 17.0 Å². The fourth-order valence-electron chi connectivity index (χ4n) is 2.58. The first kappa shape index (κ1) is 17.4. The molecule has 0 radical (unpaired) electrons. The second-order valence-corrected chi connectivity index (χ2v) is 5.71. The molecule has 0 aliphatic heterocycles. The average Bonchev–Trinajstić information content (AvgIpc) is 3.09. The van der Waals surface area contributed by atoms with Crippen LogP contribution >= 0.6 is 0 Å². The van der Waals surface area contributed by atoms with Gasteiger partial charge in [0.15, 0.2) is 0 Å². The topological polar surface area (TPSA) is 117 Å². The molecular formula is C18H17N3O5. The zero-order valence-corrected chi connectivity index (χ0v) is 13.9. The van der Waals surface area contributed by atoms with Crippen molar-refractivity contribution in [1.82, 2.24) is 10.3 Å². The minimum atomic E-state index is -0.968. The van der Waals surface area contributed by atoms with Crippen molar-refractivity contribution in [3.05, 3.63) is 69.9 Å². The molecule has 3 aromatic rings. The second kappa shape index (κ2) is 7.24. The summed E-state index contributed by atoms with van der Waals surface area (Å²) in [6, 6.07) is 12.7. The third-order valence-electron chi connectivity index (χ3n) is 4.02. The van der Waals surface area contributed by atoms with Crippen molar-refractivity contribution in [2.45, 2.75) is 6.10 Å². The van der Waals surface area contributed by atoms with Gasteiger partial charge >= 0.3 is 0 Å². The van der Waals surface area contributed by atoms with Gasteiger partial charge in [0.05, 0.1) is 18.1 Å². The van der Waals surface area contributed by atoms with Crippen molar-refractivity contribution in [2.24, 2.45) is 0 Å². The van der Waals surface area contributed by atoms with Crippen LogP contribution < -0.4 is 10.1 Å². The molecule has 1 amide bonds. The van der Waals surface area contributed by atoms with E-state index >= 15 is 0 Å². The number of hydrogen-bond donors (Lipinski definition) is 3. The summed E-state index contributed by atoms with van der Waals surface area (Å²) in [6.07, 6.45) is -0.968. The maximum absolute atomic E-state index is 12.3. The van der Waals surface area contributed by atoms with Crippen LogP contribution in [0, 0.1) is 10.1 Å². The number of non-ortho nitro benzene ring substituents is 1. The van der Waals surface area contributed by atoms with Crippen molar-refractivity contribution in [3.8, 4) is 5.75 Å². The minimum absolute atomic E-state index is 0.0185. The van der Waals surface area contributed by atoms with E-state index in [1.54, 1.807) is 25.3 Å². The van der Waals surface area contributed by atoms with Crippen LogP contribution in [0.25, 0.3) is 10.9 Å². The zero-order chi connectivity index (χ0) is 18.7. The highest BCUT2D eigenvalue weighted by Gasteiger charge is 2.14. The summed E-state index contributed by atoms with van der Waals surface area (Å²) in [6.45, 7) is -0.0185. The molecule has 0 aliphatic carbocycles. The van der Waals surface area contributed by atoms with Gasteiger partial charge in [-0.2, -0.15) is 0 Å².